The zero-order valence-corrected chi connectivity index (χ0v) is 8.53. The van der Waals surface area contributed by atoms with Crippen molar-refractivity contribution in [2.75, 3.05) is 17.7 Å². The molecule has 0 aromatic carbocycles. The van der Waals surface area contributed by atoms with E-state index >= 15 is 0 Å². The normalized spacial score (nSPS) is 26.7. The van der Waals surface area contributed by atoms with Gasteiger partial charge in [0.05, 0.1) is 17.8 Å². The molecular weight excluding hydrogens is 180 g/mol. The van der Waals surface area contributed by atoms with E-state index in [9.17, 15) is 0 Å². The number of nitrogen functional groups attached to an aromatic ring is 1. The Labute approximate surface area is 83.2 Å². The van der Waals surface area contributed by atoms with E-state index in [2.05, 4.69) is 17.3 Å². The van der Waals surface area contributed by atoms with Gasteiger partial charge < -0.3 is 15.8 Å². The molecule has 1 aliphatic heterocycles. The molecule has 2 heterocycles. The number of nitrogens with two attached hydrogens (primary N) is 1. The van der Waals surface area contributed by atoms with Crippen LogP contribution in [0.25, 0.3) is 0 Å². The third-order valence-electron chi connectivity index (χ3n) is 2.56. The fraction of sp³-hybridized carbons (Fsp3) is 0.667. The molecule has 1 aromatic heterocycles. The fourth-order valence-corrected chi connectivity index (χ4v) is 1.72. The maximum absolute atomic E-state index is 5.78. The topological polar surface area (TPSA) is 65.1 Å². The van der Waals surface area contributed by atoms with Crippen molar-refractivity contribution in [1.29, 1.82) is 0 Å². The lowest BCUT2D eigenvalue weighted by molar-refractivity contribution is 0.121. The van der Waals surface area contributed by atoms with Gasteiger partial charge >= 0.3 is 0 Å². The van der Waals surface area contributed by atoms with Crippen LogP contribution in [0.15, 0.2) is 6.20 Å². The average molecular weight is 196 g/mol. The number of nitrogens with one attached hydrogen (secondary N) is 1. The first-order valence-electron chi connectivity index (χ1n) is 4.84. The highest BCUT2D eigenvalue weighted by Crippen LogP contribution is 2.21. The molecule has 0 spiro atoms. The van der Waals surface area contributed by atoms with Gasteiger partial charge in [-0.3, -0.25) is 4.68 Å². The number of aromatic nitrogens is 2. The fourth-order valence-electron chi connectivity index (χ4n) is 1.72. The molecule has 5 heteroatoms. The lowest BCUT2D eigenvalue weighted by Crippen LogP contribution is -2.27. The molecule has 1 aromatic rings. The highest BCUT2D eigenvalue weighted by Gasteiger charge is 2.25. The van der Waals surface area contributed by atoms with Crippen molar-refractivity contribution >= 4 is 11.5 Å². The van der Waals surface area contributed by atoms with Crippen LogP contribution in [-0.2, 0) is 11.8 Å². The van der Waals surface area contributed by atoms with Crippen LogP contribution in [0.3, 0.4) is 0 Å². The van der Waals surface area contributed by atoms with Gasteiger partial charge in [0.2, 0.25) is 0 Å². The summed E-state index contributed by atoms with van der Waals surface area (Å²) in [5.41, 5.74) is 6.46. The third kappa shape index (κ3) is 1.68. The Morgan fingerprint density at radius 3 is 3.00 bits per heavy atom. The molecule has 1 saturated heterocycles. The number of rotatable bonds is 2. The van der Waals surface area contributed by atoms with Gasteiger partial charge in [-0.25, -0.2) is 0 Å². The van der Waals surface area contributed by atoms with Gasteiger partial charge in [0, 0.05) is 19.9 Å². The van der Waals surface area contributed by atoms with Crippen molar-refractivity contribution in [2.45, 2.75) is 25.5 Å². The summed E-state index contributed by atoms with van der Waals surface area (Å²) in [6, 6.07) is 0.326. The molecule has 1 aliphatic rings. The van der Waals surface area contributed by atoms with Crippen molar-refractivity contribution in [1.82, 2.24) is 9.78 Å². The molecule has 3 N–H and O–H groups in total. The largest absolute Gasteiger partial charge is 0.394 e. The van der Waals surface area contributed by atoms with Gasteiger partial charge in [0.15, 0.2) is 5.82 Å². The summed E-state index contributed by atoms with van der Waals surface area (Å²) in [7, 11) is 1.86. The Bertz CT molecular complexity index is 323. The monoisotopic (exact) mass is 196 g/mol. The van der Waals surface area contributed by atoms with E-state index in [1.54, 1.807) is 10.9 Å². The Hall–Kier alpha value is -1.23. The number of aryl methyl sites for hydroxylation is 1. The van der Waals surface area contributed by atoms with Crippen LogP contribution >= 0.6 is 0 Å². The predicted octanol–water partition coefficient (Wildman–Crippen LogP) is 0.592. The second-order valence-corrected chi connectivity index (χ2v) is 3.72. The SMILES string of the molecule is CC1OCCC1Nc1nn(C)cc1N. The standard InChI is InChI=1S/C9H16N4O/c1-6-8(3-4-14-6)11-9-7(10)5-13(2)12-9/h5-6,8H,3-4,10H2,1-2H3,(H,11,12). The van der Waals surface area contributed by atoms with Crippen LogP contribution in [0.4, 0.5) is 11.5 Å². The number of ether oxygens (including phenoxy) is 1. The molecule has 0 aliphatic carbocycles. The van der Waals surface area contributed by atoms with Crippen LogP contribution in [-0.4, -0.2) is 28.5 Å². The molecule has 2 rings (SSSR count). The third-order valence-corrected chi connectivity index (χ3v) is 2.56. The number of hydrogen-bond donors (Lipinski definition) is 2. The van der Waals surface area contributed by atoms with Crippen LogP contribution in [0.1, 0.15) is 13.3 Å². The lowest BCUT2D eigenvalue weighted by atomic mass is 10.1. The van der Waals surface area contributed by atoms with Crippen LogP contribution < -0.4 is 11.1 Å². The summed E-state index contributed by atoms with van der Waals surface area (Å²) < 4.78 is 7.15. The van der Waals surface area contributed by atoms with E-state index in [-0.39, 0.29) is 6.10 Å². The quantitative estimate of drug-likeness (QED) is 0.726. The van der Waals surface area contributed by atoms with E-state index in [4.69, 9.17) is 10.5 Å². The van der Waals surface area contributed by atoms with Gasteiger partial charge in [-0.05, 0) is 13.3 Å². The van der Waals surface area contributed by atoms with Crippen molar-refractivity contribution in [3.8, 4) is 0 Å². The van der Waals surface area contributed by atoms with E-state index in [0.29, 0.717) is 11.7 Å². The Balaban J connectivity index is 2.06. The van der Waals surface area contributed by atoms with Gasteiger partial charge in [-0.1, -0.05) is 0 Å². The van der Waals surface area contributed by atoms with E-state index in [0.717, 1.165) is 18.8 Å². The van der Waals surface area contributed by atoms with Crippen LogP contribution in [0.2, 0.25) is 0 Å². The molecule has 2 unspecified atom stereocenters. The van der Waals surface area contributed by atoms with Crippen molar-refractivity contribution < 1.29 is 4.74 Å². The van der Waals surface area contributed by atoms with E-state index in [1.165, 1.54) is 0 Å². The Kier molecular flexibility index (Phi) is 2.33. The number of hydrogen-bond acceptors (Lipinski definition) is 4. The molecule has 5 nitrogen and oxygen atoms in total. The van der Waals surface area contributed by atoms with Crippen LogP contribution in [0, 0.1) is 0 Å². The van der Waals surface area contributed by atoms with E-state index < -0.39 is 0 Å². The molecule has 0 bridgehead atoms. The second-order valence-electron chi connectivity index (χ2n) is 3.72. The first-order valence-corrected chi connectivity index (χ1v) is 4.84. The number of nitrogens with zero attached hydrogens (tertiary/aromatic N) is 2. The zero-order chi connectivity index (χ0) is 10.1. The predicted molar refractivity (Wildman–Crippen MR) is 55.1 cm³/mol. The molecule has 78 valence electrons. The van der Waals surface area contributed by atoms with Crippen molar-refractivity contribution in [3.05, 3.63) is 6.20 Å². The minimum absolute atomic E-state index is 0.233. The van der Waals surface area contributed by atoms with Gasteiger partial charge in [0.25, 0.3) is 0 Å². The number of anilines is 2. The summed E-state index contributed by atoms with van der Waals surface area (Å²) >= 11 is 0. The highest BCUT2D eigenvalue weighted by atomic mass is 16.5. The highest BCUT2D eigenvalue weighted by molar-refractivity contribution is 5.60. The summed E-state index contributed by atoms with van der Waals surface area (Å²) in [4.78, 5) is 0. The Morgan fingerprint density at radius 1 is 1.71 bits per heavy atom. The Morgan fingerprint density at radius 2 is 2.50 bits per heavy atom. The maximum atomic E-state index is 5.78. The molecular formula is C9H16N4O. The minimum Gasteiger partial charge on any atom is -0.394 e. The summed E-state index contributed by atoms with van der Waals surface area (Å²) in [5.74, 6) is 0.759. The molecule has 1 fully saturated rings. The maximum Gasteiger partial charge on any atom is 0.171 e. The van der Waals surface area contributed by atoms with Gasteiger partial charge in [-0.2, -0.15) is 5.10 Å². The van der Waals surface area contributed by atoms with E-state index in [1.807, 2.05) is 7.05 Å². The van der Waals surface area contributed by atoms with Crippen LogP contribution in [0.5, 0.6) is 0 Å². The first-order chi connectivity index (χ1) is 6.66. The zero-order valence-electron chi connectivity index (χ0n) is 8.53. The molecule has 0 amide bonds. The minimum atomic E-state index is 0.233. The summed E-state index contributed by atoms with van der Waals surface area (Å²) in [5, 5.41) is 7.53. The summed E-state index contributed by atoms with van der Waals surface area (Å²) in [6.45, 7) is 2.87. The molecule has 14 heavy (non-hydrogen) atoms. The smallest absolute Gasteiger partial charge is 0.171 e. The first kappa shape index (κ1) is 9.33. The molecule has 0 saturated carbocycles. The average Bonchev–Trinajstić information content (AvgIpc) is 2.62. The van der Waals surface area contributed by atoms with Crippen molar-refractivity contribution in [3.63, 3.8) is 0 Å². The molecule has 0 radical (unpaired) electrons. The summed E-state index contributed by atoms with van der Waals surface area (Å²) in [6.07, 6.45) is 3.04. The second kappa shape index (κ2) is 3.49. The lowest BCUT2D eigenvalue weighted by Gasteiger charge is -2.15. The van der Waals surface area contributed by atoms with Gasteiger partial charge in [-0.15, -0.1) is 0 Å². The molecule has 2 atom stereocenters. The van der Waals surface area contributed by atoms with Gasteiger partial charge in [0.1, 0.15) is 0 Å². The van der Waals surface area contributed by atoms with Crippen molar-refractivity contribution in [2.24, 2.45) is 7.05 Å².